The number of phenols is 1. The summed E-state index contributed by atoms with van der Waals surface area (Å²) in [4.78, 5) is 25.2. The molecule has 0 aliphatic heterocycles. The van der Waals surface area contributed by atoms with Gasteiger partial charge in [-0.25, -0.2) is 5.43 Å². The van der Waals surface area contributed by atoms with Gasteiger partial charge in [0.15, 0.2) is 0 Å². The Morgan fingerprint density at radius 1 is 0.938 bits per heavy atom. The van der Waals surface area contributed by atoms with Gasteiger partial charge in [-0.1, -0.05) is 76.6 Å². The van der Waals surface area contributed by atoms with Crippen LogP contribution in [0.5, 0.6) is 5.75 Å². The van der Waals surface area contributed by atoms with Crippen LogP contribution in [0.3, 0.4) is 0 Å². The number of carbonyl (C=O) groups is 2. The first kappa shape index (κ1) is 22.7. The highest BCUT2D eigenvalue weighted by molar-refractivity contribution is 9.10. The minimum absolute atomic E-state index is 0.0154. The normalized spacial score (nSPS) is 11.6. The van der Waals surface area contributed by atoms with Crippen molar-refractivity contribution in [3.05, 3.63) is 118 Å². The van der Waals surface area contributed by atoms with E-state index in [0.717, 1.165) is 10.0 Å². The lowest BCUT2D eigenvalue weighted by molar-refractivity contribution is -0.117. The van der Waals surface area contributed by atoms with Crippen LogP contribution in [0, 0.1) is 0 Å². The molecule has 0 spiro atoms. The molecule has 0 aromatic heterocycles. The van der Waals surface area contributed by atoms with Gasteiger partial charge >= 0.3 is 0 Å². The molecule has 7 heteroatoms. The van der Waals surface area contributed by atoms with Crippen molar-refractivity contribution in [3.63, 3.8) is 0 Å². The van der Waals surface area contributed by atoms with E-state index in [0.29, 0.717) is 11.1 Å². The predicted octanol–water partition coefficient (Wildman–Crippen LogP) is 4.63. The van der Waals surface area contributed by atoms with Gasteiger partial charge in [-0.2, -0.15) is 5.10 Å². The van der Waals surface area contributed by atoms with Crippen LogP contribution < -0.4 is 10.7 Å². The molecule has 160 valence electrons. The Bertz CT molecular complexity index is 1170. The summed E-state index contributed by atoms with van der Waals surface area (Å²) in [5, 5.41) is 16.4. The summed E-state index contributed by atoms with van der Waals surface area (Å²) in [7, 11) is 0. The van der Waals surface area contributed by atoms with Crippen LogP contribution >= 0.6 is 15.9 Å². The van der Waals surface area contributed by atoms with Gasteiger partial charge in [0.1, 0.15) is 11.4 Å². The third-order valence-corrected chi connectivity index (χ3v) is 4.73. The van der Waals surface area contributed by atoms with E-state index < -0.39 is 11.8 Å². The molecule has 0 unspecified atom stereocenters. The van der Waals surface area contributed by atoms with E-state index in [9.17, 15) is 14.7 Å². The number of nitrogens with zero attached hydrogens (tertiary/aromatic N) is 1. The molecule has 6 nitrogen and oxygen atoms in total. The number of hydrogen-bond acceptors (Lipinski definition) is 4. The Hall–Kier alpha value is -3.97. The van der Waals surface area contributed by atoms with Crippen molar-refractivity contribution in [2.75, 3.05) is 0 Å². The van der Waals surface area contributed by atoms with E-state index in [1.807, 2.05) is 36.4 Å². The van der Waals surface area contributed by atoms with Crippen molar-refractivity contribution in [3.8, 4) is 5.75 Å². The van der Waals surface area contributed by atoms with Gasteiger partial charge in [-0.15, -0.1) is 0 Å². The van der Waals surface area contributed by atoms with Crippen molar-refractivity contribution in [1.29, 1.82) is 0 Å². The standard InChI is InChI=1S/C25H20BrN3O3/c26-21-14-15-23(30)20(16-21)17-27-29-25(32)22(13-7-10-18-8-3-1-4-9-18)28-24(31)19-11-5-2-6-12-19/h1-17,30H,(H,28,31)(H,29,32)/b10-7+,22-13-,27-17-. The van der Waals surface area contributed by atoms with Crippen molar-refractivity contribution < 1.29 is 14.7 Å². The van der Waals surface area contributed by atoms with Gasteiger partial charge < -0.3 is 10.4 Å². The smallest absolute Gasteiger partial charge is 0.287 e. The second-order valence-corrected chi connectivity index (χ2v) is 7.49. The molecule has 0 atom stereocenters. The lowest BCUT2D eigenvalue weighted by atomic mass is 10.2. The lowest BCUT2D eigenvalue weighted by Gasteiger charge is -2.08. The highest BCUT2D eigenvalue weighted by Crippen LogP contribution is 2.19. The molecule has 0 heterocycles. The number of allylic oxidation sites excluding steroid dienone is 2. The maximum Gasteiger partial charge on any atom is 0.287 e. The fourth-order valence-corrected chi connectivity index (χ4v) is 3.01. The molecule has 0 aliphatic carbocycles. The zero-order valence-electron chi connectivity index (χ0n) is 16.9. The number of hydrogen-bond donors (Lipinski definition) is 3. The number of aromatic hydroxyl groups is 1. The van der Waals surface area contributed by atoms with Crippen molar-refractivity contribution in [1.82, 2.24) is 10.7 Å². The van der Waals surface area contributed by atoms with Crippen molar-refractivity contribution in [2.45, 2.75) is 0 Å². The lowest BCUT2D eigenvalue weighted by Crippen LogP contribution is -2.32. The number of hydrazone groups is 1. The average Bonchev–Trinajstić information content (AvgIpc) is 2.81. The maximum atomic E-state index is 12.7. The zero-order chi connectivity index (χ0) is 22.8. The molecule has 0 bridgehead atoms. The first-order chi connectivity index (χ1) is 15.5. The maximum absolute atomic E-state index is 12.7. The molecular weight excluding hydrogens is 470 g/mol. The molecular formula is C25H20BrN3O3. The summed E-state index contributed by atoms with van der Waals surface area (Å²) in [5.41, 5.74) is 4.17. The highest BCUT2D eigenvalue weighted by Gasteiger charge is 2.13. The molecule has 3 aromatic carbocycles. The average molecular weight is 490 g/mol. The van der Waals surface area contributed by atoms with E-state index in [2.05, 4.69) is 31.8 Å². The number of halogens is 1. The molecule has 0 saturated carbocycles. The summed E-state index contributed by atoms with van der Waals surface area (Å²) >= 11 is 3.31. The minimum atomic E-state index is -0.613. The van der Waals surface area contributed by atoms with Crippen LogP contribution in [0.1, 0.15) is 21.5 Å². The Labute approximate surface area is 194 Å². The largest absolute Gasteiger partial charge is 0.507 e. The van der Waals surface area contributed by atoms with Crippen LogP contribution in [0.2, 0.25) is 0 Å². The van der Waals surface area contributed by atoms with Crippen LogP contribution in [0.15, 0.2) is 106 Å². The number of carbonyl (C=O) groups excluding carboxylic acids is 2. The fourth-order valence-electron chi connectivity index (χ4n) is 2.63. The number of amides is 2. The summed E-state index contributed by atoms with van der Waals surface area (Å²) in [5.74, 6) is -1.02. The monoisotopic (exact) mass is 489 g/mol. The van der Waals surface area contributed by atoms with Crippen molar-refractivity contribution in [2.24, 2.45) is 5.10 Å². The second kappa shape index (κ2) is 11.4. The van der Waals surface area contributed by atoms with Crippen LogP contribution in [0.25, 0.3) is 6.08 Å². The quantitative estimate of drug-likeness (QED) is 0.195. The molecule has 3 aromatic rings. The number of phenolic OH excluding ortho intramolecular Hbond substituents is 1. The van der Waals surface area contributed by atoms with E-state index in [4.69, 9.17) is 0 Å². The molecule has 2 amide bonds. The molecule has 0 fully saturated rings. The minimum Gasteiger partial charge on any atom is -0.507 e. The van der Waals surface area contributed by atoms with Gasteiger partial charge in [0.05, 0.1) is 6.21 Å². The summed E-state index contributed by atoms with van der Waals surface area (Å²) in [6, 6.07) is 23.0. The molecule has 0 radical (unpaired) electrons. The second-order valence-electron chi connectivity index (χ2n) is 6.57. The van der Waals surface area contributed by atoms with E-state index in [1.165, 1.54) is 18.4 Å². The Kier molecular flexibility index (Phi) is 8.11. The van der Waals surface area contributed by atoms with Crippen LogP contribution in [-0.2, 0) is 4.79 Å². The topological polar surface area (TPSA) is 90.8 Å². The molecule has 3 N–H and O–H groups in total. The van der Waals surface area contributed by atoms with Gasteiger partial charge in [0.2, 0.25) is 0 Å². The third kappa shape index (κ3) is 6.78. The van der Waals surface area contributed by atoms with Crippen LogP contribution in [-0.4, -0.2) is 23.1 Å². The Morgan fingerprint density at radius 3 is 2.34 bits per heavy atom. The first-order valence-corrected chi connectivity index (χ1v) is 10.4. The first-order valence-electron chi connectivity index (χ1n) is 9.64. The van der Waals surface area contributed by atoms with Crippen molar-refractivity contribution >= 4 is 40.0 Å². The third-order valence-electron chi connectivity index (χ3n) is 4.24. The molecule has 32 heavy (non-hydrogen) atoms. The van der Waals surface area contributed by atoms with E-state index in [1.54, 1.807) is 48.5 Å². The number of nitrogens with one attached hydrogen (secondary N) is 2. The SMILES string of the molecule is O=C(N/N=C\c1cc(Br)ccc1O)/C(=C/C=C/c1ccccc1)NC(=O)c1ccccc1. The van der Waals surface area contributed by atoms with Crippen LogP contribution in [0.4, 0.5) is 0 Å². The number of rotatable bonds is 7. The Morgan fingerprint density at radius 2 is 1.62 bits per heavy atom. The van der Waals surface area contributed by atoms with E-state index in [-0.39, 0.29) is 11.4 Å². The summed E-state index contributed by atoms with van der Waals surface area (Å²) in [6.07, 6.45) is 6.29. The highest BCUT2D eigenvalue weighted by atomic mass is 79.9. The van der Waals surface area contributed by atoms with E-state index >= 15 is 0 Å². The fraction of sp³-hybridized carbons (Fsp3) is 0. The van der Waals surface area contributed by atoms with Gasteiger partial charge in [0, 0.05) is 15.6 Å². The number of benzene rings is 3. The molecule has 3 rings (SSSR count). The van der Waals surface area contributed by atoms with Gasteiger partial charge in [-0.05, 0) is 42.0 Å². The predicted molar refractivity (Wildman–Crippen MR) is 129 cm³/mol. The molecule has 0 saturated heterocycles. The zero-order valence-corrected chi connectivity index (χ0v) is 18.5. The summed E-state index contributed by atoms with van der Waals surface area (Å²) < 4.78 is 0.754. The molecule has 0 aliphatic rings. The van der Waals surface area contributed by atoms with Gasteiger partial charge in [0.25, 0.3) is 11.8 Å². The Balaban J connectivity index is 1.77. The summed E-state index contributed by atoms with van der Waals surface area (Å²) in [6.45, 7) is 0. The van der Waals surface area contributed by atoms with Gasteiger partial charge in [-0.3, -0.25) is 9.59 Å².